The van der Waals surface area contributed by atoms with Crippen LogP contribution in [0.4, 0.5) is 0 Å². The number of hydrogen-bond acceptors (Lipinski definition) is 6. The normalized spacial score (nSPS) is 15.5. The number of ether oxygens (including phenoxy) is 3. The van der Waals surface area contributed by atoms with Gasteiger partial charge in [-0.1, -0.05) is 24.3 Å². The second-order valence-corrected chi connectivity index (χ2v) is 10.3. The van der Waals surface area contributed by atoms with Gasteiger partial charge in [-0.3, -0.25) is 9.20 Å². The lowest BCUT2D eigenvalue weighted by atomic mass is 9.99. The summed E-state index contributed by atoms with van der Waals surface area (Å²) in [5.41, 5.74) is 3.88. The molecule has 36 heavy (non-hydrogen) atoms. The Morgan fingerprint density at radius 3 is 2.64 bits per heavy atom. The van der Waals surface area contributed by atoms with Crippen LogP contribution in [0.1, 0.15) is 48.4 Å². The summed E-state index contributed by atoms with van der Waals surface area (Å²) >= 11 is 1.44. The Morgan fingerprint density at radius 2 is 1.89 bits per heavy atom. The third-order valence-corrected chi connectivity index (χ3v) is 7.60. The molecule has 2 heterocycles. The molecule has 0 amide bonds. The monoisotopic (exact) mass is 500 g/mol. The average Bonchev–Trinajstić information content (AvgIpc) is 3.84. The summed E-state index contributed by atoms with van der Waals surface area (Å²) in [4.78, 5) is 19.2. The maximum absolute atomic E-state index is 13.7. The van der Waals surface area contributed by atoms with Gasteiger partial charge >= 0.3 is 0 Å². The van der Waals surface area contributed by atoms with Crippen LogP contribution in [-0.4, -0.2) is 30.2 Å². The Morgan fingerprint density at radius 1 is 1.06 bits per heavy atom. The summed E-state index contributed by atoms with van der Waals surface area (Å²) in [5, 5.41) is 1.88. The quantitative estimate of drug-likeness (QED) is 0.271. The molecule has 0 aliphatic heterocycles. The molecule has 0 unspecified atom stereocenters. The zero-order valence-corrected chi connectivity index (χ0v) is 21.2. The lowest BCUT2D eigenvalue weighted by molar-refractivity contribution is 0.280. The number of rotatable bonds is 9. The Bertz CT molecular complexity index is 1510. The van der Waals surface area contributed by atoms with Crippen molar-refractivity contribution in [3.8, 4) is 28.4 Å². The van der Waals surface area contributed by atoms with Crippen molar-refractivity contribution < 1.29 is 14.2 Å². The molecule has 7 heteroatoms. The first-order valence-corrected chi connectivity index (χ1v) is 13.2. The van der Waals surface area contributed by atoms with E-state index in [1.54, 1.807) is 24.8 Å². The van der Waals surface area contributed by atoms with Crippen LogP contribution in [0, 0.1) is 5.92 Å². The maximum atomic E-state index is 13.7. The number of aromatic nitrogens is 2. The lowest BCUT2D eigenvalue weighted by Gasteiger charge is -2.14. The summed E-state index contributed by atoms with van der Waals surface area (Å²) in [6.07, 6.45) is 10.4. The fourth-order valence-electron chi connectivity index (χ4n) is 4.49. The first kappa shape index (κ1) is 22.9. The van der Waals surface area contributed by atoms with Gasteiger partial charge < -0.3 is 14.2 Å². The topological polar surface area (TPSA) is 62.1 Å². The molecule has 6 rings (SSSR count). The van der Waals surface area contributed by atoms with Crippen LogP contribution in [0.15, 0.2) is 52.8 Å². The van der Waals surface area contributed by atoms with E-state index in [1.165, 1.54) is 42.6 Å². The minimum Gasteiger partial charge on any atom is -0.496 e. The Balaban J connectivity index is 1.46. The van der Waals surface area contributed by atoms with Crippen molar-refractivity contribution in [2.75, 3.05) is 20.8 Å². The largest absolute Gasteiger partial charge is 0.496 e. The van der Waals surface area contributed by atoms with Gasteiger partial charge in [0.1, 0.15) is 5.75 Å². The second kappa shape index (κ2) is 9.47. The van der Waals surface area contributed by atoms with Crippen molar-refractivity contribution in [1.82, 2.24) is 9.38 Å². The first-order valence-electron chi connectivity index (χ1n) is 12.3. The van der Waals surface area contributed by atoms with Crippen LogP contribution < -0.4 is 19.8 Å². The zero-order chi connectivity index (χ0) is 24.6. The van der Waals surface area contributed by atoms with E-state index < -0.39 is 0 Å². The van der Waals surface area contributed by atoms with Crippen molar-refractivity contribution in [3.63, 3.8) is 0 Å². The van der Waals surface area contributed by atoms with Crippen LogP contribution in [0.5, 0.6) is 17.2 Å². The molecule has 0 saturated heterocycles. The van der Waals surface area contributed by atoms with Crippen LogP contribution in [0.3, 0.4) is 0 Å². The third-order valence-electron chi connectivity index (χ3n) is 6.85. The summed E-state index contributed by atoms with van der Waals surface area (Å²) in [7, 11) is 3.30. The number of nitrogens with zero attached hydrogens (tertiary/aromatic N) is 2. The molecule has 2 aliphatic rings. The minimum atomic E-state index is -0.116. The van der Waals surface area contributed by atoms with E-state index in [-0.39, 0.29) is 5.56 Å². The average molecular weight is 501 g/mol. The van der Waals surface area contributed by atoms with Gasteiger partial charge in [0.15, 0.2) is 16.5 Å². The Hall–Kier alpha value is -3.58. The third kappa shape index (κ3) is 4.39. The van der Waals surface area contributed by atoms with E-state index in [9.17, 15) is 4.79 Å². The standard InChI is InChI=1S/C29H28N2O4S/c1-33-24-5-3-4-20(27(24)35-17-18-6-7-18)11-13-23-26(28(32)31-14-15-36-29(31)30-23)22-12-10-21(19-8-9-19)16-25(22)34-2/h3-5,10-16,18-19H,6-9,17H2,1-2H3/b13-11+. The molecule has 184 valence electrons. The van der Waals surface area contributed by atoms with Crippen LogP contribution in [-0.2, 0) is 0 Å². The van der Waals surface area contributed by atoms with Gasteiger partial charge in [-0.25, -0.2) is 4.98 Å². The van der Waals surface area contributed by atoms with Crippen LogP contribution >= 0.6 is 11.3 Å². The van der Waals surface area contributed by atoms with Crippen molar-refractivity contribution >= 4 is 28.4 Å². The van der Waals surface area contributed by atoms with Crippen LogP contribution in [0.25, 0.3) is 28.2 Å². The lowest BCUT2D eigenvalue weighted by Crippen LogP contribution is -2.17. The highest BCUT2D eigenvalue weighted by atomic mass is 32.1. The molecule has 4 aromatic rings. The molecule has 0 atom stereocenters. The van der Waals surface area contributed by atoms with E-state index in [4.69, 9.17) is 19.2 Å². The first-order chi connectivity index (χ1) is 17.7. The van der Waals surface area contributed by atoms with Gasteiger partial charge in [0, 0.05) is 22.7 Å². The van der Waals surface area contributed by atoms with Crippen molar-refractivity contribution in [2.45, 2.75) is 31.6 Å². The fraction of sp³-hybridized carbons (Fsp3) is 0.310. The van der Waals surface area contributed by atoms with Crippen molar-refractivity contribution in [3.05, 3.63) is 75.1 Å². The van der Waals surface area contributed by atoms with Gasteiger partial charge in [0.2, 0.25) is 0 Å². The molecule has 2 aromatic carbocycles. The van der Waals surface area contributed by atoms with Gasteiger partial charge in [-0.05, 0) is 67.4 Å². The summed E-state index contributed by atoms with van der Waals surface area (Å²) in [6, 6.07) is 12.0. The minimum absolute atomic E-state index is 0.116. The molecule has 2 aliphatic carbocycles. The Kier molecular flexibility index (Phi) is 6.01. The Labute approximate surface area is 213 Å². The summed E-state index contributed by atoms with van der Waals surface area (Å²) in [6.45, 7) is 0.678. The van der Waals surface area contributed by atoms with Gasteiger partial charge in [-0.2, -0.15) is 0 Å². The summed E-state index contributed by atoms with van der Waals surface area (Å²) in [5.74, 6) is 3.31. The predicted molar refractivity (Wildman–Crippen MR) is 143 cm³/mol. The molecule has 0 N–H and O–H groups in total. The van der Waals surface area contributed by atoms with Gasteiger partial charge in [-0.15, -0.1) is 11.3 Å². The maximum Gasteiger partial charge on any atom is 0.267 e. The summed E-state index contributed by atoms with van der Waals surface area (Å²) < 4.78 is 19.1. The van der Waals surface area contributed by atoms with E-state index in [0.717, 1.165) is 11.1 Å². The van der Waals surface area contributed by atoms with Crippen molar-refractivity contribution in [1.29, 1.82) is 0 Å². The molecule has 2 aromatic heterocycles. The molecule has 0 bridgehead atoms. The van der Waals surface area contributed by atoms with E-state index in [1.807, 2.05) is 41.8 Å². The molecule has 0 spiro atoms. The van der Waals surface area contributed by atoms with Crippen molar-refractivity contribution in [2.24, 2.45) is 5.92 Å². The number of hydrogen-bond donors (Lipinski definition) is 0. The fourth-order valence-corrected chi connectivity index (χ4v) is 5.20. The molecule has 2 fully saturated rings. The molecular formula is C29H28N2O4S. The number of fused-ring (bicyclic) bond motifs is 1. The van der Waals surface area contributed by atoms with Gasteiger partial charge in [0.25, 0.3) is 5.56 Å². The SMILES string of the molecule is COc1cc(C2CC2)ccc1-c1c(/C=C/c2cccc(OC)c2OCC2CC2)nc2sccn2c1=O. The zero-order valence-electron chi connectivity index (χ0n) is 20.4. The van der Waals surface area contributed by atoms with E-state index in [2.05, 4.69) is 12.1 Å². The molecule has 2 saturated carbocycles. The van der Waals surface area contributed by atoms with Crippen LogP contribution in [0.2, 0.25) is 0 Å². The number of thiazole rings is 1. The molecular weight excluding hydrogens is 472 g/mol. The highest BCUT2D eigenvalue weighted by molar-refractivity contribution is 7.15. The highest BCUT2D eigenvalue weighted by Crippen LogP contribution is 2.43. The van der Waals surface area contributed by atoms with E-state index >= 15 is 0 Å². The van der Waals surface area contributed by atoms with Gasteiger partial charge in [0.05, 0.1) is 32.1 Å². The molecule has 6 nitrogen and oxygen atoms in total. The second-order valence-electron chi connectivity index (χ2n) is 9.43. The van der Waals surface area contributed by atoms with E-state index in [0.29, 0.717) is 51.9 Å². The highest BCUT2D eigenvalue weighted by Gasteiger charge is 2.26. The smallest absolute Gasteiger partial charge is 0.267 e. The predicted octanol–water partition coefficient (Wildman–Crippen LogP) is 6.28. The number of methoxy groups -OCH3 is 2. The molecule has 0 radical (unpaired) electrons. The number of para-hydroxylation sites is 1. The number of benzene rings is 2.